The van der Waals surface area contributed by atoms with Crippen molar-refractivity contribution in [2.75, 3.05) is 14.2 Å². The van der Waals surface area contributed by atoms with Gasteiger partial charge < -0.3 is 15.0 Å². The zero-order chi connectivity index (χ0) is 16.5. The van der Waals surface area contributed by atoms with Crippen LogP contribution in [0.4, 0.5) is 4.79 Å². The summed E-state index contributed by atoms with van der Waals surface area (Å²) in [6.07, 6.45) is 4.33. The van der Waals surface area contributed by atoms with Crippen LogP contribution in [0.3, 0.4) is 0 Å². The second-order valence-corrected chi connectivity index (χ2v) is 6.93. The third-order valence-corrected chi connectivity index (χ3v) is 5.67. The molecule has 1 heterocycles. The van der Waals surface area contributed by atoms with Crippen LogP contribution in [-0.2, 0) is 4.74 Å². The lowest BCUT2D eigenvalue weighted by molar-refractivity contribution is -0.177. The molecule has 1 fully saturated rings. The smallest absolute Gasteiger partial charge is 0.317 e. The number of rotatable bonds is 4. The van der Waals surface area contributed by atoms with E-state index >= 15 is 0 Å². The van der Waals surface area contributed by atoms with E-state index in [4.69, 9.17) is 4.74 Å². The fraction of sp³-hybridized carbons (Fsp3) is 0.647. The number of aromatic nitrogens is 1. The summed E-state index contributed by atoms with van der Waals surface area (Å²) in [6.45, 7) is 8.38. The Morgan fingerprint density at radius 1 is 1.41 bits per heavy atom. The first-order chi connectivity index (χ1) is 10.2. The minimum absolute atomic E-state index is 0.00000223. The SMILES string of the molecule is CO[C@]1(C)C[C@@H](NC(=O)N(C)[C@H](C)c2ccncc2)C1(C)C. The highest BCUT2D eigenvalue weighted by atomic mass is 16.5. The monoisotopic (exact) mass is 305 g/mol. The number of nitrogens with one attached hydrogen (secondary N) is 1. The number of hydrogen-bond donors (Lipinski definition) is 1. The number of nitrogens with zero attached hydrogens (tertiary/aromatic N) is 2. The number of carbonyl (C=O) groups excluding carboxylic acids is 1. The van der Waals surface area contributed by atoms with Crippen LogP contribution in [0.5, 0.6) is 0 Å². The average molecular weight is 305 g/mol. The van der Waals surface area contributed by atoms with E-state index in [2.05, 4.69) is 31.1 Å². The minimum Gasteiger partial charge on any atom is -0.378 e. The molecule has 122 valence electrons. The molecule has 0 bridgehead atoms. The predicted octanol–water partition coefficient (Wildman–Crippen LogP) is 2.99. The number of pyridine rings is 1. The molecule has 0 unspecified atom stereocenters. The fourth-order valence-corrected chi connectivity index (χ4v) is 3.02. The van der Waals surface area contributed by atoms with Gasteiger partial charge in [-0.3, -0.25) is 4.98 Å². The van der Waals surface area contributed by atoms with Crippen molar-refractivity contribution < 1.29 is 9.53 Å². The molecule has 1 aliphatic rings. The summed E-state index contributed by atoms with van der Waals surface area (Å²) in [4.78, 5) is 18.3. The summed E-state index contributed by atoms with van der Waals surface area (Å²) in [5, 5.41) is 3.14. The van der Waals surface area contributed by atoms with Gasteiger partial charge in [-0.25, -0.2) is 4.79 Å². The van der Waals surface area contributed by atoms with Crippen molar-refractivity contribution in [3.8, 4) is 0 Å². The van der Waals surface area contributed by atoms with Crippen LogP contribution >= 0.6 is 0 Å². The van der Waals surface area contributed by atoms with Crippen LogP contribution in [-0.4, -0.2) is 41.7 Å². The first kappa shape index (κ1) is 16.7. The summed E-state index contributed by atoms with van der Waals surface area (Å²) in [5.41, 5.74) is 0.806. The normalized spacial score (nSPS) is 27.6. The Morgan fingerprint density at radius 2 is 2.00 bits per heavy atom. The third-order valence-electron chi connectivity index (χ3n) is 5.67. The molecule has 5 nitrogen and oxygen atoms in total. The van der Waals surface area contributed by atoms with Crippen molar-refractivity contribution in [3.63, 3.8) is 0 Å². The van der Waals surface area contributed by atoms with E-state index in [9.17, 15) is 4.79 Å². The van der Waals surface area contributed by atoms with Gasteiger partial charge in [0, 0.05) is 38.0 Å². The van der Waals surface area contributed by atoms with Crippen LogP contribution in [0.15, 0.2) is 24.5 Å². The van der Waals surface area contributed by atoms with Crippen LogP contribution in [0.2, 0.25) is 0 Å². The first-order valence-electron chi connectivity index (χ1n) is 7.71. The predicted molar refractivity (Wildman–Crippen MR) is 86.5 cm³/mol. The van der Waals surface area contributed by atoms with Gasteiger partial charge in [0.15, 0.2) is 0 Å². The lowest BCUT2D eigenvalue weighted by Gasteiger charge is -2.59. The van der Waals surface area contributed by atoms with E-state index < -0.39 is 0 Å². The third kappa shape index (κ3) is 2.70. The zero-order valence-corrected chi connectivity index (χ0v) is 14.4. The molecule has 1 saturated carbocycles. The molecule has 1 aromatic heterocycles. The maximum Gasteiger partial charge on any atom is 0.317 e. The molecule has 0 radical (unpaired) electrons. The molecule has 0 saturated heterocycles. The molecule has 1 aliphatic carbocycles. The van der Waals surface area contributed by atoms with Crippen molar-refractivity contribution in [3.05, 3.63) is 30.1 Å². The Labute approximate surface area is 133 Å². The van der Waals surface area contributed by atoms with Gasteiger partial charge in [-0.2, -0.15) is 0 Å². The molecule has 1 N–H and O–H groups in total. The Morgan fingerprint density at radius 3 is 2.50 bits per heavy atom. The maximum absolute atomic E-state index is 12.5. The average Bonchev–Trinajstić information content (AvgIpc) is 2.53. The molecule has 1 aromatic rings. The maximum atomic E-state index is 12.5. The van der Waals surface area contributed by atoms with Gasteiger partial charge in [-0.15, -0.1) is 0 Å². The molecule has 3 atom stereocenters. The molecular formula is C17H27N3O2. The highest BCUT2D eigenvalue weighted by molar-refractivity contribution is 5.75. The van der Waals surface area contributed by atoms with Crippen molar-refractivity contribution >= 4 is 6.03 Å². The van der Waals surface area contributed by atoms with Crippen molar-refractivity contribution in [2.45, 2.75) is 51.8 Å². The Hall–Kier alpha value is -1.62. The number of methoxy groups -OCH3 is 1. The summed E-state index contributed by atoms with van der Waals surface area (Å²) < 4.78 is 5.61. The van der Waals surface area contributed by atoms with Crippen LogP contribution in [0, 0.1) is 5.41 Å². The van der Waals surface area contributed by atoms with E-state index in [1.807, 2.05) is 26.1 Å². The summed E-state index contributed by atoms with van der Waals surface area (Å²) in [6, 6.07) is 3.94. The second-order valence-electron chi connectivity index (χ2n) is 6.93. The fourth-order valence-electron chi connectivity index (χ4n) is 3.02. The van der Waals surface area contributed by atoms with Gasteiger partial charge in [0.2, 0.25) is 0 Å². The number of ether oxygens (including phenoxy) is 1. The van der Waals surface area contributed by atoms with E-state index in [0.29, 0.717) is 0 Å². The van der Waals surface area contributed by atoms with Crippen molar-refractivity contribution in [2.24, 2.45) is 5.41 Å². The summed E-state index contributed by atoms with van der Waals surface area (Å²) in [7, 11) is 3.55. The van der Waals surface area contributed by atoms with Gasteiger partial charge in [0.25, 0.3) is 0 Å². The van der Waals surface area contributed by atoms with E-state index in [-0.39, 0.29) is 29.1 Å². The molecule has 22 heavy (non-hydrogen) atoms. The molecule has 2 rings (SSSR count). The number of hydrogen-bond acceptors (Lipinski definition) is 3. The van der Waals surface area contributed by atoms with Gasteiger partial charge >= 0.3 is 6.03 Å². The zero-order valence-electron chi connectivity index (χ0n) is 14.4. The van der Waals surface area contributed by atoms with Gasteiger partial charge in [-0.05, 0) is 38.0 Å². The van der Waals surface area contributed by atoms with E-state index in [1.165, 1.54) is 0 Å². The number of amides is 2. The van der Waals surface area contributed by atoms with E-state index in [0.717, 1.165) is 12.0 Å². The molecule has 0 aliphatic heterocycles. The van der Waals surface area contributed by atoms with Crippen LogP contribution in [0.1, 0.15) is 45.7 Å². The van der Waals surface area contributed by atoms with Crippen LogP contribution < -0.4 is 5.32 Å². The topological polar surface area (TPSA) is 54.5 Å². The molecule has 0 spiro atoms. The number of carbonyl (C=O) groups is 1. The van der Waals surface area contributed by atoms with Crippen LogP contribution in [0.25, 0.3) is 0 Å². The van der Waals surface area contributed by atoms with Gasteiger partial charge in [0.1, 0.15) is 0 Å². The first-order valence-corrected chi connectivity index (χ1v) is 7.71. The van der Waals surface area contributed by atoms with E-state index in [1.54, 1.807) is 24.4 Å². The second kappa shape index (κ2) is 5.88. The largest absolute Gasteiger partial charge is 0.378 e. The Balaban J connectivity index is 1.99. The molecule has 5 heteroatoms. The van der Waals surface area contributed by atoms with Crippen molar-refractivity contribution in [1.82, 2.24) is 15.2 Å². The summed E-state index contributed by atoms with van der Waals surface area (Å²) >= 11 is 0. The highest BCUT2D eigenvalue weighted by Crippen LogP contribution is 2.51. The molecular weight excluding hydrogens is 278 g/mol. The molecule has 2 amide bonds. The quantitative estimate of drug-likeness (QED) is 0.930. The summed E-state index contributed by atoms with van der Waals surface area (Å²) in [5.74, 6) is 0. The highest BCUT2D eigenvalue weighted by Gasteiger charge is 2.58. The standard InChI is InChI=1S/C17H27N3O2/c1-12(13-7-9-18-10-8-13)20(5)15(21)19-14-11-17(4,22-6)16(14,2)3/h7-10,12,14H,11H2,1-6H3,(H,19,21)/t12-,14-,17-/m1/s1. The minimum atomic E-state index is -0.180. The van der Waals surface area contributed by atoms with Crippen molar-refractivity contribution in [1.29, 1.82) is 0 Å². The lowest BCUT2D eigenvalue weighted by Crippen LogP contribution is -2.69. The number of urea groups is 1. The Bertz CT molecular complexity index is 532. The van der Waals surface area contributed by atoms with Gasteiger partial charge in [0.05, 0.1) is 11.6 Å². The molecule has 0 aromatic carbocycles. The lowest BCUT2D eigenvalue weighted by atomic mass is 9.56. The Kier molecular flexibility index (Phi) is 4.47. The van der Waals surface area contributed by atoms with Gasteiger partial charge in [-0.1, -0.05) is 13.8 Å².